The molecule has 1 amide bonds. The van der Waals surface area contributed by atoms with Gasteiger partial charge in [0.15, 0.2) is 0 Å². The highest BCUT2D eigenvalue weighted by molar-refractivity contribution is 7.98. The van der Waals surface area contributed by atoms with Crippen LogP contribution in [0.2, 0.25) is 0 Å². The Labute approximate surface area is 103 Å². The number of nitrogens with one attached hydrogen (secondary N) is 1. The molecule has 0 aliphatic carbocycles. The molecule has 5 heteroatoms. The molecule has 0 heterocycles. The molecule has 1 unspecified atom stereocenters. The van der Waals surface area contributed by atoms with Crippen LogP contribution in [-0.2, 0) is 4.79 Å². The third-order valence-electron chi connectivity index (χ3n) is 2.41. The van der Waals surface area contributed by atoms with Gasteiger partial charge < -0.3 is 16.0 Å². The third-order valence-corrected chi connectivity index (χ3v) is 3.01. The van der Waals surface area contributed by atoms with E-state index >= 15 is 0 Å². The van der Waals surface area contributed by atoms with E-state index in [4.69, 9.17) is 5.73 Å². The van der Waals surface area contributed by atoms with Crippen molar-refractivity contribution < 1.29 is 4.79 Å². The summed E-state index contributed by atoms with van der Waals surface area (Å²) in [5.41, 5.74) is 5.70. The molecule has 0 aliphatic rings. The molecule has 0 aromatic rings. The van der Waals surface area contributed by atoms with Gasteiger partial charge in [-0.15, -0.1) is 0 Å². The van der Waals surface area contributed by atoms with Crippen molar-refractivity contribution in [2.45, 2.75) is 32.4 Å². The maximum atomic E-state index is 11.6. The minimum atomic E-state index is 0.0847. The molecule has 3 N–H and O–H groups in total. The number of hydrogen-bond donors (Lipinski definition) is 2. The predicted octanol–water partition coefficient (Wildman–Crippen LogP) is 0.523. The molecule has 0 saturated carbocycles. The fourth-order valence-electron chi connectivity index (χ4n) is 1.43. The van der Waals surface area contributed by atoms with E-state index in [9.17, 15) is 4.79 Å². The lowest BCUT2D eigenvalue weighted by Gasteiger charge is -2.26. The Morgan fingerprint density at radius 2 is 2.12 bits per heavy atom. The normalized spacial score (nSPS) is 13.2. The largest absolute Gasteiger partial charge is 0.354 e. The average Bonchev–Trinajstić information content (AvgIpc) is 2.21. The zero-order valence-electron chi connectivity index (χ0n) is 10.8. The van der Waals surface area contributed by atoms with Gasteiger partial charge in [-0.05, 0) is 27.2 Å². The maximum Gasteiger partial charge on any atom is 0.221 e. The molecule has 0 aromatic carbocycles. The first-order valence-corrected chi connectivity index (χ1v) is 7.09. The van der Waals surface area contributed by atoms with E-state index in [0.717, 1.165) is 12.3 Å². The molecule has 0 fully saturated rings. The Bertz CT molecular complexity index is 200. The second kappa shape index (κ2) is 8.84. The number of likely N-dealkylation sites (N-methyl/N-ethyl adjacent to an activating group) is 1. The van der Waals surface area contributed by atoms with E-state index < -0.39 is 0 Å². The number of nitrogens with two attached hydrogens (primary N) is 1. The molecule has 0 bridgehead atoms. The molecule has 0 aromatic heterocycles. The van der Waals surface area contributed by atoms with E-state index in [1.165, 1.54) is 0 Å². The minimum Gasteiger partial charge on any atom is -0.354 e. The highest BCUT2D eigenvalue weighted by Crippen LogP contribution is 2.03. The van der Waals surface area contributed by atoms with Crippen LogP contribution >= 0.6 is 11.8 Å². The summed E-state index contributed by atoms with van der Waals surface area (Å²) in [6.45, 7) is 5.42. The molecule has 0 rings (SSSR count). The molecular weight excluding hydrogens is 222 g/mol. The molecule has 16 heavy (non-hydrogen) atoms. The fourth-order valence-corrected chi connectivity index (χ4v) is 1.90. The zero-order chi connectivity index (χ0) is 12.6. The minimum absolute atomic E-state index is 0.0847. The Kier molecular flexibility index (Phi) is 8.70. The molecule has 4 nitrogen and oxygen atoms in total. The van der Waals surface area contributed by atoms with Gasteiger partial charge in [0.25, 0.3) is 0 Å². The van der Waals surface area contributed by atoms with Crippen molar-refractivity contribution in [3.63, 3.8) is 0 Å². The summed E-state index contributed by atoms with van der Waals surface area (Å²) in [6.07, 6.45) is 2.57. The van der Waals surface area contributed by atoms with Crippen molar-refractivity contribution in [1.82, 2.24) is 10.2 Å². The van der Waals surface area contributed by atoms with E-state index in [0.29, 0.717) is 13.0 Å². The zero-order valence-corrected chi connectivity index (χ0v) is 11.6. The van der Waals surface area contributed by atoms with Crippen molar-refractivity contribution >= 4 is 17.7 Å². The summed E-state index contributed by atoms with van der Waals surface area (Å²) in [6, 6.07) is 0.341. The molecule has 1 atom stereocenters. The quantitative estimate of drug-likeness (QED) is 0.657. The Balaban J connectivity index is 4.02. The van der Waals surface area contributed by atoms with Crippen LogP contribution in [0.4, 0.5) is 0 Å². The number of carbonyl (C=O) groups is 1. The van der Waals surface area contributed by atoms with Crippen molar-refractivity contribution in [2.75, 3.05) is 32.1 Å². The van der Waals surface area contributed by atoms with Crippen LogP contribution in [0.15, 0.2) is 0 Å². The topological polar surface area (TPSA) is 58.4 Å². The second-order valence-electron chi connectivity index (χ2n) is 4.29. The lowest BCUT2D eigenvalue weighted by Crippen LogP contribution is -2.43. The Hall–Kier alpha value is -0.260. The smallest absolute Gasteiger partial charge is 0.221 e. The lowest BCUT2D eigenvalue weighted by molar-refractivity contribution is -0.122. The van der Waals surface area contributed by atoms with Gasteiger partial charge in [0, 0.05) is 37.3 Å². The number of amides is 1. The monoisotopic (exact) mass is 247 g/mol. The van der Waals surface area contributed by atoms with Crippen molar-refractivity contribution in [3.8, 4) is 0 Å². The van der Waals surface area contributed by atoms with Crippen molar-refractivity contribution in [1.29, 1.82) is 0 Å². The molecule has 0 aliphatic heterocycles. The highest BCUT2D eigenvalue weighted by Gasteiger charge is 2.16. The van der Waals surface area contributed by atoms with Gasteiger partial charge in [0.05, 0.1) is 0 Å². The molecule has 0 radical (unpaired) electrons. The van der Waals surface area contributed by atoms with Gasteiger partial charge in [0.2, 0.25) is 5.91 Å². The van der Waals surface area contributed by atoms with Gasteiger partial charge in [-0.1, -0.05) is 0 Å². The van der Waals surface area contributed by atoms with Crippen LogP contribution in [0.1, 0.15) is 20.3 Å². The summed E-state index contributed by atoms with van der Waals surface area (Å²) >= 11 is 1.80. The standard InChI is InChI=1S/C11H25N3OS/c1-9(2)13-11(15)7-10(8-12)14(3)5-6-16-4/h9-10H,5-8,12H2,1-4H3,(H,13,15). The average molecular weight is 247 g/mol. The van der Waals surface area contributed by atoms with E-state index in [-0.39, 0.29) is 18.0 Å². The number of nitrogens with zero attached hydrogens (tertiary/aromatic N) is 1. The summed E-state index contributed by atoms with van der Waals surface area (Å²) < 4.78 is 0. The van der Waals surface area contributed by atoms with Crippen LogP contribution in [0.5, 0.6) is 0 Å². The predicted molar refractivity (Wildman–Crippen MR) is 71.8 cm³/mol. The molecule has 96 valence electrons. The van der Waals surface area contributed by atoms with Crippen LogP contribution in [0, 0.1) is 0 Å². The summed E-state index contributed by atoms with van der Waals surface area (Å²) in [5, 5.41) is 2.89. The first-order chi connectivity index (χ1) is 7.51. The van der Waals surface area contributed by atoms with E-state index in [2.05, 4.69) is 16.5 Å². The maximum absolute atomic E-state index is 11.6. The Morgan fingerprint density at radius 3 is 2.56 bits per heavy atom. The van der Waals surface area contributed by atoms with Crippen LogP contribution in [0.3, 0.4) is 0 Å². The second-order valence-corrected chi connectivity index (χ2v) is 5.27. The number of rotatable bonds is 8. The molecule has 0 saturated heterocycles. The van der Waals surface area contributed by atoms with Gasteiger partial charge in [0.1, 0.15) is 0 Å². The van der Waals surface area contributed by atoms with Gasteiger partial charge in [-0.2, -0.15) is 11.8 Å². The number of thioether (sulfide) groups is 1. The third kappa shape index (κ3) is 7.09. The number of hydrogen-bond acceptors (Lipinski definition) is 4. The summed E-state index contributed by atoms with van der Waals surface area (Å²) in [4.78, 5) is 13.8. The fraction of sp³-hybridized carbons (Fsp3) is 0.909. The van der Waals surface area contributed by atoms with E-state index in [1.807, 2.05) is 20.9 Å². The van der Waals surface area contributed by atoms with Crippen molar-refractivity contribution in [2.24, 2.45) is 5.73 Å². The van der Waals surface area contributed by atoms with E-state index in [1.54, 1.807) is 11.8 Å². The first-order valence-electron chi connectivity index (χ1n) is 5.69. The summed E-state index contributed by atoms with van der Waals surface area (Å²) in [7, 11) is 2.02. The van der Waals surface area contributed by atoms with Crippen molar-refractivity contribution in [3.05, 3.63) is 0 Å². The van der Waals surface area contributed by atoms with Crippen LogP contribution < -0.4 is 11.1 Å². The number of carbonyl (C=O) groups excluding carboxylic acids is 1. The van der Waals surface area contributed by atoms with Crippen LogP contribution in [0.25, 0.3) is 0 Å². The van der Waals surface area contributed by atoms with Gasteiger partial charge in [-0.25, -0.2) is 0 Å². The molecule has 0 spiro atoms. The SMILES string of the molecule is CSCCN(C)C(CN)CC(=O)NC(C)C. The highest BCUT2D eigenvalue weighted by atomic mass is 32.2. The first kappa shape index (κ1) is 15.7. The summed E-state index contributed by atoms with van der Waals surface area (Å²) in [5.74, 6) is 1.15. The van der Waals surface area contributed by atoms with Gasteiger partial charge >= 0.3 is 0 Å². The molecular formula is C11H25N3OS. The Morgan fingerprint density at radius 1 is 1.50 bits per heavy atom. The lowest BCUT2D eigenvalue weighted by atomic mass is 10.1. The van der Waals surface area contributed by atoms with Gasteiger partial charge in [-0.3, -0.25) is 4.79 Å². The van der Waals surface area contributed by atoms with Crippen LogP contribution in [-0.4, -0.2) is 55.0 Å².